The summed E-state index contributed by atoms with van der Waals surface area (Å²) < 4.78 is 5.82. The highest BCUT2D eigenvalue weighted by molar-refractivity contribution is 6.21. The number of fused-ring (bicyclic) bond motifs is 1. The minimum Gasteiger partial charge on any atom is -0.457 e. The molecular weight excluding hydrogens is 350 g/mol. The van der Waals surface area contributed by atoms with Gasteiger partial charge in [0.15, 0.2) is 0 Å². The Kier molecular flexibility index (Phi) is 4.94. The lowest BCUT2D eigenvalue weighted by molar-refractivity contribution is 0.0650. The van der Waals surface area contributed by atoms with E-state index in [0.717, 1.165) is 17.1 Å². The molecule has 4 heteroatoms. The van der Waals surface area contributed by atoms with E-state index in [4.69, 9.17) is 4.74 Å². The molecule has 0 radical (unpaired) electrons. The first-order valence-corrected chi connectivity index (χ1v) is 9.41. The lowest BCUT2D eigenvalue weighted by atomic mass is 9.97. The van der Waals surface area contributed by atoms with E-state index in [9.17, 15) is 9.59 Å². The molecule has 1 aliphatic rings. The zero-order valence-corrected chi connectivity index (χ0v) is 15.7. The first kappa shape index (κ1) is 18.0. The summed E-state index contributed by atoms with van der Waals surface area (Å²) in [6.07, 6.45) is 0.713. The van der Waals surface area contributed by atoms with E-state index in [-0.39, 0.29) is 17.7 Å². The van der Waals surface area contributed by atoms with Crippen molar-refractivity contribution in [3.05, 3.63) is 95.6 Å². The number of imide groups is 1. The van der Waals surface area contributed by atoms with Gasteiger partial charge in [-0.1, -0.05) is 49.4 Å². The van der Waals surface area contributed by atoms with E-state index in [1.807, 2.05) is 54.6 Å². The second-order valence-electron chi connectivity index (χ2n) is 6.98. The second-order valence-corrected chi connectivity index (χ2v) is 6.98. The molecule has 4 nitrogen and oxygen atoms in total. The number of rotatable bonds is 6. The number of nitrogens with zero attached hydrogens (tertiary/aromatic N) is 1. The predicted molar refractivity (Wildman–Crippen MR) is 108 cm³/mol. The zero-order valence-electron chi connectivity index (χ0n) is 15.7. The molecule has 0 aliphatic carbocycles. The smallest absolute Gasteiger partial charge is 0.261 e. The van der Waals surface area contributed by atoms with Gasteiger partial charge in [-0.25, -0.2) is 0 Å². The summed E-state index contributed by atoms with van der Waals surface area (Å²) in [7, 11) is 0. The van der Waals surface area contributed by atoms with Crippen molar-refractivity contribution in [3.63, 3.8) is 0 Å². The Morgan fingerprint density at radius 2 is 1.29 bits per heavy atom. The van der Waals surface area contributed by atoms with E-state index in [1.54, 1.807) is 24.3 Å². The molecule has 0 N–H and O–H groups in total. The van der Waals surface area contributed by atoms with Gasteiger partial charge in [0, 0.05) is 6.54 Å². The fourth-order valence-electron chi connectivity index (χ4n) is 3.42. The molecule has 28 heavy (non-hydrogen) atoms. The van der Waals surface area contributed by atoms with Gasteiger partial charge in [-0.15, -0.1) is 0 Å². The molecule has 0 saturated heterocycles. The number of carbonyl (C=O) groups is 2. The van der Waals surface area contributed by atoms with Crippen LogP contribution in [0, 0.1) is 0 Å². The van der Waals surface area contributed by atoms with Gasteiger partial charge in [-0.05, 0) is 54.3 Å². The van der Waals surface area contributed by atoms with Gasteiger partial charge >= 0.3 is 0 Å². The minimum atomic E-state index is -0.195. The van der Waals surface area contributed by atoms with E-state index in [1.165, 1.54) is 4.90 Å². The summed E-state index contributed by atoms with van der Waals surface area (Å²) in [5, 5.41) is 0. The van der Waals surface area contributed by atoms with Crippen LogP contribution in [-0.2, 0) is 0 Å². The average Bonchev–Trinajstić information content (AvgIpc) is 2.98. The SMILES string of the molecule is CC(CCN1C(=O)c2ccccc2C1=O)c1ccc(Oc2ccccc2)cc1. The van der Waals surface area contributed by atoms with Crippen LogP contribution in [0.25, 0.3) is 0 Å². The van der Waals surface area contributed by atoms with Gasteiger partial charge in [-0.2, -0.15) is 0 Å². The number of hydrogen-bond donors (Lipinski definition) is 0. The maximum absolute atomic E-state index is 12.5. The Morgan fingerprint density at radius 1 is 0.750 bits per heavy atom. The Labute approximate surface area is 164 Å². The number of ether oxygens (including phenoxy) is 1. The van der Waals surface area contributed by atoms with Crippen LogP contribution in [0.5, 0.6) is 11.5 Å². The normalized spacial score (nSPS) is 14.1. The van der Waals surface area contributed by atoms with E-state index < -0.39 is 0 Å². The van der Waals surface area contributed by atoms with Crippen molar-refractivity contribution in [2.24, 2.45) is 0 Å². The molecule has 140 valence electrons. The Balaban J connectivity index is 1.37. The fraction of sp³-hybridized carbons (Fsp3) is 0.167. The summed E-state index contributed by atoms with van der Waals surface area (Å²) in [5.74, 6) is 1.41. The van der Waals surface area contributed by atoms with Crippen LogP contribution in [-0.4, -0.2) is 23.3 Å². The average molecular weight is 371 g/mol. The van der Waals surface area contributed by atoms with Gasteiger partial charge in [0.1, 0.15) is 11.5 Å². The molecule has 1 heterocycles. The molecule has 4 rings (SSSR count). The quantitative estimate of drug-likeness (QED) is 0.555. The molecule has 3 aromatic rings. The molecule has 0 bridgehead atoms. The van der Waals surface area contributed by atoms with Crippen molar-refractivity contribution < 1.29 is 14.3 Å². The van der Waals surface area contributed by atoms with Crippen LogP contribution in [0.3, 0.4) is 0 Å². The first-order chi connectivity index (χ1) is 13.6. The van der Waals surface area contributed by atoms with Crippen LogP contribution in [0.1, 0.15) is 45.5 Å². The monoisotopic (exact) mass is 371 g/mol. The van der Waals surface area contributed by atoms with Crippen LogP contribution in [0.15, 0.2) is 78.9 Å². The fourth-order valence-corrected chi connectivity index (χ4v) is 3.42. The van der Waals surface area contributed by atoms with Crippen molar-refractivity contribution >= 4 is 11.8 Å². The lowest BCUT2D eigenvalue weighted by Crippen LogP contribution is -2.31. The molecule has 1 atom stereocenters. The highest BCUT2D eigenvalue weighted by atomic mass is 16.5. The van der Waals surface area contributed by atoms with Crippen LogP contribution < -0.4 is 4.74 Å². The molecule has 1 unspecified atom stereocenters. The van der Waals surface area contributed by atoms with Gasteiger partial charge in [0.2, 0.25) is 0 Å². The van der Waals surface area contributed by atoms with Crippen molar-refractivity contribution in [1.82, 2.24) is 4.90 Å². The molecule has 0 spiro atoms. The maximum Gasteiger partial charge on any atom is 0.261 e. The summed E-state index contributed by atoms with van der Waals surface area (Å²) in [4.78, 5) is 26.3. The van der Waals surface area contributed by atoms with Crippen LogP contribution in [0.2, 0.25) is 0 Å². The molecule has 0 aromatic heterocycles. The summed E-state index contributed by atoms with van der Waals surface area (Å²) in [6.45, 7) is 2.51. The number of carbonyl (C=O) groups excluding carboxylic acids is 2. The third-order valence-corrected chi connectivity index (χ3v) is 5.09. The van der Waals surface area contributed by atoms with Crippen molar-refractivity contribution in [1.29, 1.82) is 0 Å². The third kappa shape index (κ3) is 3.54. The molecule has 3 aromatic carbocycles. The molecule has 1 aliphatic heterocycles. The number of hydrogen-bond acceptors (Lipinski definition) is 3. The Morgan fingerprint density at radius 3 is 1.89 bits per heavy atom. The van der Waals surface area contributed by atoms with Gasteiger partial charge < -0.3 is 4.74 Å². The number of benzene rings is 3. The topological polar surface area (TPSA) is 46.6 Å². The molecule has 0 fully saturated rings. The van der Waals surface area contributed by atoms with E-state index in [0.29, 0.717) is 24.1 Å². The van der Waals surface area contributed by atoms with Crippen LogP contribution in [0.4, 0.5) is 0 Å². The highest BCUT2D eigenvalue weighted by Crippen LogP contribution is 2.27. The summed E-state index contributed by atoms with van der Waals surface area (Å²) in [5.41, 5.74) is 2.15. The highest BCUT2D eigenvalue weighted by Gasteiger charge is 2.34. The van der Waals surface area contributed by atoms with Crippen molar-refractivity contribution in [2.45, 2.75) is 19.3 Å². The maximum atomic E-state index is 12.5. The van der Waals surface area contributed by atoms with Gasteiger partial charge in [-0.3, -0.25) is 14.5 Å². The zero-order chi connectivity index (χ0) is 19.5. The lowest BCUT2D eigenvalue weighted by Gasteiger charge is -2.18. The van der Waals surface area contributed by atoms with Crippen molar-refractivity contribution in [2.75, 3.05) is 6.54 Å². The second kappa shape index (κ2) is 7.69. The first-order valence-electron chi connectivity index (χ1n) is 9.41. The Bertz CT molecular complexity index is 961. The largest absolute Gasteiger partial charge is 0.457 e. The Hall–Kier alpha value is -3.40. The number of para-hydroxylation sites is 1. The van der Waals surface area contributed by atoms with Crippen molar-refractivity contribution in [3.8, 4) is 11.5 Å². The van der Waals surface area contributed by atoms with E-state index in [2.05, 4.69) is 6.92 Å². The van der Waals surface area contributed by atoms with Gasteiger partial charge in [0.05, 0.1) is 11.1 Å². The number of amides is 2. The summed E-state index contributed by atoms with van der Waals surface area (Å²) >= 11 is 0. The molecule has 2 amide bonds. The third-order valence-electron chi connectivity index (χ3n) is 5.09. The standard InChI is InChI=1S/C24H21NO3/c1-17(15-16-25-23(26)21-9-5-6-10-22(21)24(25)27)18-11-13-20(14-12-18)28-19-7-3-2-4-8-19/h2-14,17H,15-16H2,1H3. The van der Waals surface area contributed by atoms with Crippen LogP contribution >= 0.6 is 0 Å². The predicted octanol–water partition coefficient (Wildman–Crippen LogP) is 5.27. The molecule has 0 saturated carbocycles. The minimum absolute atomic E-state index is 0.195. The van der Waals surface area contributed by atoms with Gasteiger partial charge in [0.25, 0.3) is 11.8 Å². The summed E-state index contributed by atoms with van der Waals surface area (Å²) in [6, 6.07) is 24.6. The molecular formula is C24H21NO3. The van der Waals surface area contributed by atoms with E-state index >= 15 is 0 Å².